The van der Waals surface area contributed by atoms with Crippen LogP contribution < -0.4 is 16.2 Å². The first kappa shape index (κ1) is 22.0. The Morgan fingerprint density at radius 3 is 2.38 bits per heavy atom. The van der Waals surface area contributed by atoms with Crippen LogP contribution in [0.2, 0.25) is 0 Å². The quantitative estimate of drug-likeness (QED) is 0.272. The zero-order chi connectivity index (χ0) is 23.7. The Balaban J connectivity index is 1.37. The van der Waals surface area contributed by atoms with E-state index < -0.39 is 0 Å². The van der Waals surface area contributed by atoms with Crippen LogP contribution in [-0.4, -0.2) is 32.1 Å². The van der Waals surface area contributed by atoms with Gasteiger partial charge in [-0.2, -0.15) is 0 Å². The Labute approximate surface area is 199 Å². The van der Waals surface area contributed by atoms with Crippen LogP contribution in [-0.2, 0) is 9.59 Å². The molecule has 172 valence electrons. The molecule has 2 aromatic heterocycles. The van der Waals surface area contributed by atoms with Gasteiger partial charge in [-0.1, -0.05) is 42.1 Å². The predicted octanol–water partition coefficient (Wildman–Crippen LogP) is 4.42. The van der Waals surface area contributed by atoms with Crippen molar-refractivity contribution >= 4 is 46.0 Å². The van der Waals surface area contributed by atoms with Gasteiger partial charge in [0, 0.05) is 36.1 Å². The summed E-state index contributed by atoms with van der Waals surface area (Å²) in [6.45, 7) is 1.44. The molecule has 0 radical (unpaired) electrons. The topological polar surface area (TPSA) is 109 Å². The number of hydrogen-bond acceptors (Lipinski definition) is 5. The Bertz CT molecular complexity index is 1420. The highest BCUT2D eigenvalue weighted by Crippen LogP contribution is 2.37. The summed E-state index contributed by atoms with van der Waals surface area (Å²) < 4.78 is 1.72. The molecule has 0 atom stereocenters. The highest BCUT2D eigenvalue weighted by molar-refractivity contribution is 7.99. The lowest BCUT2D eigenvalue weighted by Crippen LogP contribution is -2.23. The third-order valence-corrected chi connectivity index (χ3v) is 6.47. The van der Waals surface area contributed by atoms with Gasteiger partial charge in [-0.15, -0.1) is 0 Å². The Kier molecular flexibility index (Phi) is 5.93. The van der Waals surface area contributed by atoms with E-state index in [9.17, 15) is 14.4 Å². The summed E-state index contributed by atoms with van der Waals surface area (Å²) in [6, 6.07) is 16.8. The minimum Gasteiger partial charge on any atom is -0.355 e. The Morgan fingerprint density at radius 1 is 1.06 bits per heavy atom. The van der Waals surface area contributed by atoms with Gasteiger partial charge in [-0.3, -0.25) is 19.0 Å². The first-order valence-corrected chi connectivity index (χ1v) is 12.0. The van der Waals surface area contributed by atoms with Crippen LogP contribution in [0.3, 0.4) is 0 Å². The molecule has 1 fully saturated rings. The zero-order valence-corrected chi connectivity index (χ0v) is 19.3. The van der Waals surface area contributed by atoms with Crippen LogP contribution >= 0.6 is 11.8 Å². The van der Waals surface area contributed by atoms with Crippen LogP contribution in [0.5, 0.6) is 0 Å². The minimum atomic E-state index is -0.202. The van der Waals surface area contributed by atoms with Crippen molar-refractivity contribution in [3.8, 4) is 11.1 Å². The van der Waals surface area contributed by atoms with Gasteiger partial charge >= 0.3 is 0 Å². The number of aromatic amines is 1. The number of anilines is 2. The van der Waals surface area contributed by atoms with E-state index in [1.54, 1.807) is 28.8 Å². The molecule has 8 nitrogen and oxygen atoms in total. The van der Waals surface area contributed by atoms with E-state index >= 15 is 0 Å². The molecule has 2 aromatic carbocycles. The van der Waals surface area contributed by atoms with Crippen LogP contribution in [0, 0.1) is 0 Å². The molecule has 34 heavy (non-hydrogen) atoms. The third kappa shape index (κ3) is 4.60. The van der Waals surface area contributed by atoms with Crippen molar-refractivity contribution in [1.29, 1.82) is 0 Å². The number of benzene rings is 2. The summed E-state index contributed by atoms with van der Waals surface area (Å²) >= 11 is 1.26. The lowest BCUT2D eigenvalue weighted by Gasteiger charge is -2.12. The number of carbonyl (C=O) groups excluding carboxylic acids is 2. The van der Waals surface area contributed by atoms with Gasteiger partial charge in [0.1, 0.15) is 11.0 Å². The average molecular weight is 474 g/mol. The van der Waals surface area contributed by atoms with Crippen molar-refractivity contribution in [1.82, 2.24) is 14.5 Å². The molecule has 0 aliphatic heterocycles. The lowest BCUT2D eigenvalue weighted by atomic mass is 10.1. The van der Waals surface area contributed by atoms with Crippen molar-refractivity contribution in [3.63, 3.8) is 0 Å². The van der Waals surface area contributed by atoms with Crippen LogP contribution in [0.4, 0.5) is 11.4 Å². The van der Waals surface area contributed by atoms with E-state index in [1.807, 2.05) is 36.5 Å². The van der Waals surface area contributed by atoms with Gasteiger partial charge in [-0.25, -0.2) is 4.98 Å². The fourth-order valence-electron chi connectivity index (χ4n) is 3.81. The molecule has 4 aromatic rings. The smallest absolute Gasteiger partial charge is 0.278 e. The molecule has 5 rings (SSSR count). The summed E-state index contributed by atoms with van der Waals surface area (Å²) in [5, 5.41) is 6.09. The van der Waals surface area contributed by atoms with Gasteiger partial charge in [0.2, 0.25) is 11.8 Å². The maximum atomic E-state index is 13.3. The highest BCUT2D eigenvalue weighted by atomic mass is 32.2. The summed E-state index contributed by atoms with van der Waals surface area (Å²) in [5.41, 5.74) is 4.11. The fourth-order valence-corrected chi connectivity index (χ4v) is 4.67. The molecule has 1 aliphatic carbocycles. The van der Waals surface area contributed by atoms with Crippen LogP contribution in [0.1, 0.15) is 25.8 Å². The maximum Gasteiger partial charge on any atom is 0.278 e. The number of nitrogens with zero attached hydrogens (tertiary/aromatic N) is 2. The molecular weight excluding hydrogens is 450 g/mol. The first-order chi connectivity index (χ1) is 16.5. The monoisotopic (exact) mass is 473 g/mol. The summed E-state index contributed by atoms with van der Waals surface area (Å²) in [4.78, 5) is 45.0. The lowest BCUT2D eigenvalue weighted by molar-refractivity contribution is -0.114. The zero-order valence-electron chi connectivity index (χ0n) is 18.5. The second-order valence-corrected chi connectivity index (χ2v) is 9.13. The van der Waals surface area contributed by atoms with Gasteiger partial charge in [-0.05, 0) is 42.7 Å². The molecule has 9 heteroatoms. The molecule has 0 spiro atoms. The minimum absolute atomic E-state index is 0.105. The van der Waals surface area contributed by atoms with Crippen molar-refractivity contribution in [3.05, 3.63) is 71.1 Å². The van der Waals surface area contributed by atoms with Gasteiger partial charge in [0.25, 0.3) is 5.56 Å². The number of fused-ring (bicyclic) bond motifs is 1. The number of H-pyrrole nitrogens is 1. The first-order valence-electron chi connectivity index (χ1n) is 11.0. The van der Waals surface area contributed by atoms with Gasteiger partial charge in [0.05, 0.1) is 5.75 Å². The Hall–Kier alpha value is -3.85. The number of aromatic nitrogens is 3. The number of thioether (sulfide) groups is 1. The standard InChI is InChI=1S/C25H23N5O3S/c1-15(31)27-17-7-9-18(10-8-17)28-21(32)14-34-25-29-22-20(16-5-3-2-4-6-16)13-26-23(22)24(33)30(25)19-11-12-19/h2-10,13,19,26H,11-12,14H2,1H3,(H,27,31)(H,28,32). The average Bonchev–Trinajstić information content (AvgIpc) is 3.57. The Morgan fingerprint density at radius 2 is 1.74 bits per heavy atom. The van der Waals surface area contributed by atoms with E-state index in [2.05, 4.69) is 15.6 Å². The largest absolute Gasteiger partial charge is 0.355 e. The summed E-state index contributed by atoms with van der Waals surface area (Å²) in [6.07, 6.45) is 3.68. The van der Waals surface area contributed by atoms with E-state index in [0.29, 0.717) is 27.6 Å². The van der Waals surface area contributed by atoms with Crippen LogP contribution in [0.15, 0.2) is 70.7 Å². The molecule has 2 amide bonds. The fraction of sp³-hybridized carbons (Fsp3) is 0.200. The van der Waals surface area contributed by atoms with Crippen LogP contribution in [0.25, 0.3) is 22.2 Å². The number of amides is 2. The molecule has 1 aliphatic rings. The molecule has 0 bridgehead atoms. The van der Waals surface area contributed by atoms with E-state index in [4.69, 9.17) is 4.98 Å². The SMILES string of the molecule is CC(=O)Nc1ccc(NC(=O)CSc2nc3c(-c4ccccc4)c[nH]c3c(=O)n2C2CC2)cc1. The van der Waals surface area contributed by atoms with Crippen molar-refractivity contribution in [2.75, 3.05) is 16.4 Å². The molecule has 0 unspecified atom stereocenters. The molecular formula is C25H23N5O3S. The number of nitrogens with one attached hydrogen (secondary N) is 3. The van der Waals surface area contributed by atoms with Gasteiger partial charge < -0.3 is 15.6 Å². The summed E-state index contributed by atoms with van der Waals surface area (Å²) in [5.74, 6) is -0.244. The highest BCUT2D eigenvalue weighted by Gasteiger charge is 2.29. The summed E-state index contributed by atoms with van der Waals surface area (Å²) in [7, 11) is 0. The molecule has 0 saturated heterocycles. The number of carbonyl (C=O) groups is 2. The molecule has 2 heterocycles. The molecule has 1 saturated carbocycles. The van der Waals surface area contributed by atoms with Crippen molar-refractivity contribution in [2.24, 2.45) is 0 Å². The molecule has 3 N–H and O–H groups in total. The van der Waals surface area contributed by atoms with Crippen molar-refractivity contribution < 1.29 is 9.59 Å². The van der Waals surface area contributed by atoms with Gasteiger partial charge in [0.15, 0.2) is 5.16 Å². The van der Waals surface area contributed by atoms with E-state index in [-0.39, 0.29) is 29.2 Å². The second-order valence-electron chi connectivity index (χ2n) is 8.19. The third-order valence-electron chi connectivity index (χ3n) is 5.52. The van der Waals surface area contributed by atoms with E-state index in [1.165, 1.54) is 18.7 Å². The maximum absolute atomic E-state index is 13.3. The van der Waals surface area contributed by atoms with E-state index in [0.717, 1.165) is 24.0 Å². The normalized spacial score (nSPS) is 13.1. The number of rotatable bonds is 7. The number of hydrogen-bond donors (Lipinski definition) is 3. The predicted molar refractivity (Wildman–Crippen MR) is 134 cm³/mol. The second kappa shape index (κ2) is 9.18. The van der Waals surface area contributed by atoms with Crippen molar-refractivity contribution in [2.45, 2.75) is 31.0 Å².